The van der Waals surface area contributed by atoms with E-state index in [-0.39, 0.29) is 12.1 Å². The molecule has 0 bridgehead atoms. The van der Waals surface area contributed by atoms with Gasteiger partial charge >= 0.3 is 0 Å². The van der Waals surface area contributed by atoms with E-state index in [0.717, 1.165) is 31.6 Å². The van der Waals surface area contributed by atoms with Crippen molar-refractivity contribution in [3.05, 3.63) is 12.2 Å². The van der Waals surface area contributed by atoms with Gasteiger partial charge in [0.2, 0.25) is 0 Å². The Bertz CT molecular complexity index is 313. The fourth-order valence-corrected chi connectivity index (χ4v) is 1.95. The predicted molar refractivity (Wildman–Crippen MR) is 67.7 cm³/mol. The lowest BCUT2D eigenvalue weighted by Crippen LogP contribution is -2.39. The first-order valence-corrected chi connectivity index (χ1v) is 6.46. The molecule has 0 aliphatic carbocycles. The van der Waals surface area contributed by atoms with Gasteiger partial charge in [-0.15, -0.1) is 0 Å². The molecule has 2 atom stereocenters. The van der Waals surface area contributed by atoms with E-state index in [0.29, 0.717) is 6.61 Å². The maximum absolute atomic E-state index is 6.16. The fourth-order valence-electron chi connectivity index (χ4n) is 1.95. The molecule has 2 N–H and O–H groups in total. The number of rotatable bonds is 8. The number of aryl methyl sites for hydroxylation is 1. The van der Waals surface area contributed by atoms with Crippen molar-refractivity contribution in [3.8, 4) is 0 Å². The predicted octanol–water partition coefficient (Wildman–Crippen LogP) is 1.37. The van der Waals surface area contributed by atoms with Crippen LogP contribution in [0.4, 0.5) is 0 Å². The second kappa shape index (κ2) is 7.40. The monoisotopic (exact) mass is 240 g/mol. The Labute approximate surface area is 103 Å². The highest BCUT2D eigenvalue weighted by Gasteiger charge is 2.18. The largest absolute Gasteiger partial charge is 0.377 e. The number of hydrogen-bond acceptors (Lipinski definition) is 4. The molecule has 0 aliphatic rings. The van der Waals surface area contributed by atoms with Crippen molar-refractivity contribution >= 4 is 0 Å². The van der Waals surface area contributed by atoms with E-state index in [9.17, 15) is 0 Å². The standard InChI is InChI=1S/C12H24N4O/c1-4-7-16-12(14-9-15-16)8-10(13)11(5-2)17-6-3/h9-11H,4-8,13H2,1-3H3. The van der Waals surface area contributed by atoms with Crippen molar-refractivity contribution in [3.63, 3.8) is 0 Å². The molecule has 1 aromatic rings. The third-order valence-corrected chi connectivity index (χ3v) is 2.81. The van der Waals surface area contributed by atoms with Crippen LogP contribution >= 0.6 is 0 Å². The second-order valence-corrected chi connectivity index (χ2v) is 4.17. The summed E-state index contributed by atoms with van der Waals surface area (Å²) < 4.78 is 7.55. The highest BCUT2D eigenvalue weighted by Crippen LogP contribution is 2.08. The lowest BCUT2D eigenvalue weighted by Gasteiger charge is -2.22. The van der Waals surface area contributed by atoms with Crippen LogP contribution in [0.5, 0.6) is 0 Å². The number of hydrogen-bond donors (Lipinski definition) is 1. The molecular formula is C12H24N4O. The Balaban J connectivity index is 2.59. The quantitative estimate of drug-likeness (QED) is 0.745. The van der Waals surface area contributed by atoms with Crippen molar-refractivity contribution in [2.75, 3.05) is 6.61 Å². The SMILES string of the molecule is CCCn1ncnc1CC(N)C(CC)OCC. The van der Waals surface area contributed by atoms with Crippen molar-refractivity contribution < 1.29 is 4.74 Å². The van der Waals surface area contributed by atoms with Crippen LogP contribution in [0.3, 0.4) is 0 Å². The molecule has 2 unspecified atom stereocenters. The Morgan fingerprint density at radius 2 is 2.18 bits per heavy atom. The lowest BCUT2D eigenvalue weighted by atomic mass is 10.1. The minimum absolute atomic E-state index is 0.0141. The van der Waals surface area contributed by atoms with Crippen molar-refractivity contribution in [2.24, 2.45) is 5.73 Å². The molecule has 1 rings (SSSR count). The maximum Gasteiger partial charge on any atom is 0.138 e. The molecule has 1 heterocycles. The summed E-state index contributed by atoms with van der Waals surface area (Å²) in [5.41, 5.74) is 6.16. The molecule has 0 saturated heterocycles. The number of nitrogens with two attached hydrogens (primary N) is 1. The molecule has 0 aliphatic heterocycles. The Morgan fingerprint density at radius 1 is 1.41 bits per heavy atom. The van der Waals surface area contributed by atoms with Gasteiger partial charge in [-0.2, -0.15) is 5.10 Å². The summed E-state index contributed by atoms with van der Waals surface area (Å²) in [5.74, 6) is 0.956. The highest BCUT2D eigenvalue weighted by molar-refractivity contribution is 4.91. The van der Waals surface area contributed by atoms with Gasteiger partial charge in [-0.05, 0) is 19.8 Å². The van der Waals surface area contributed by atoms with Gasteiger partial charge in [0.05, 0.1) is 6.10 Å². The minimum Gasteiger partial charge on any atom is -0.377 e. The molecule has 0 amide bonds. The Hall–Kier alpha value is -0.940. The van der Waals surface area contributed by atoms with E-state index < -0.39 is 0 Å². The summed E-state index contributed by atoms with van der Waals surface area (Å²) in [6.45, 7) is 7.81. The van der Waals surface area contributed by atoms with Crippen LogP contribution in [0.1, 0.15) is 39.4 Å². The van der Waals surface area contributed by atoms with Gasteiger partial charge in [0.25, 0.3) is 0 Å². The molecular weight excluding hydrogens is 216 g/mol. The minimum atomic E-state index is -0.0141. The molecule has 5 nitrogen and oxygen atoms in total. The van der Waals surface area contributed by atoms with Gasteiger partial charge in [-0.3, -0.25) is 4.68 Å². The molecule has 0 fully saturated rings. The molecule has 0 spiro atoms. The number of ether oxygens (including phenoxy) is 1. The van der Waals surface area contributed by atoms with Crippen LogP contribution < -0.4 is 5.73 Å². The van der Waals surface area contributed by atoms with Gasteiger partial charge in [0.15, 0.2) is 0 Å². The van der Waals surface area contributed by atoms with Gasteiger partial charge in [0, 0.05) is 25.6 Å². The van der Waals surface area contributed by atoms with Crippen LogP contribution in [-0.2, 0) is 17.7 Å². The van der Waals surface area contributed by atoms with E-state index in [4.69, 9.17) is 10.5 Å². The summed E-state index contributed by atoms with van der Waals surface area (Å²) in [5, 5.41) is 4.20. The van der Waals surface area contributed by atoms with Gasteiger partial charge in [-0.25, -0.2) is 4.98 Å². The summed E-state index contributed by atoms with van der Waals surface area (Å²) in [6, 6.07) is -0.0141. The number of nitrogens with zero attached hydrogens (tertiary/aromatic N) is 3. The van der Waals surface area contributed by atoms with Crippen molar-refractivity contribution in [1.29, 1.82) is 0 Å². The van der Waals surface area contributed by atoms with E-state index >= 15 is 0 Å². The van der Waals surface area contributed by atoms with Crippen LogP contribution in [-0.4, -0.2) is 33.5 Å². The van der Waals surface area contributed by atoms with E-state index in [1.807, 2.05) is 11.6 Å². The van der Waals surface area contributed by atoms with Crippen LogP contribution in [0.15, 0.2) is 6.33 Å². The second-order valence-electron chi connectivity index (χ2n) is 4.17. The van der Waals surface area contributed by atoms with E-state index in [1.54, 1.807) is 6.33 Å². The first kappa shape index (κ1) is 14.1. The molecule has 0 aromatic carbocycles. The zero-order chi connectivity index (χ0) is 12.7. The smallest absolute Gasteiger partial charge is 0.138 e. The summed E-state index contributed by atoms with van der Waals surface area (Å²) in [4.78, 5) is 4.27. The normalized spacial score (nSPS) is 14.8. The van der Waals surface area contributed by atoms with Gasteiger partial charge in [-0.1, -0.05) is 13.8 Å². The first-order valence-electron chi connectivity index (χ1n) is 6.46. The van der Waals surface area contributed by atoms with Gasteiger partial charge in [0.1, 0.15) is 12.2 Å². The van der Waals surface area contributed by atoms with Crippen LogP contribution in [0.25, 0.3) is 0 Å². The molecule has 5 heteroatoms. The lowest BCUT2D eigenvalue weighted by molar-refractivity contribution is 0.0410. The summed E-state index contributed by atoms with van der Waals surface area (Å²) >= 11 is 0. The molecule has 98 valence electrons. The third kappa shape index (κ3) is 4.09. The topological polar surface area (TPSA) is 66.0 Å². The third-order valence-electron chi connectivity index (χ3n) is 2.81. The van der Waals surface area contributed by atoms with E-state index in [1.165, 1.54) is 0 Å². The summed E-state index contributed by atoms with van der Waals surface area (Å²) in [6.07, 6.45) is 4.40. The summed E-state index contributed by atoms with van der Waals surface area (Å²) in [7, 11) is 0. The van der Waals surface area contributed by atoms with Crippen LogP contribution in [0.2, 0.25) is 0 Å². The average molecular weight is 240 g/mol. The number of aromatic nitrogens is 3. The first-order chi connectivity index (χ1) is 8.22. The molecule has 1 aromatic heterocycles. The highest BCUT2D eigenvalue weighted by atomic mass is 16.5. The molecule has 0 radical (unpaired) electrons. The maximum atomic E-state index is 6.16. The van der Waals surface area contributed by atoms with Crippen molar-refractivity contribution in [1.82, 2.24) is 14.8 Å². The molecule has 0 saturated carbocycles. The fraction of sp³-hybridized carbons (Fsp3) is 0.833. The van der Waals surface area contributed by atoms with Gasteiger partial charge < -0.3 is 10.5 Å². The van der Waals surface area contributed by atoms with Crippen LogP contribution in [0, 0.1) is 0 Å². The Morgan fingerprint density at radius 3 is 2.76 bits per heavy atom. The molecule has 17 heavy (non-hydrogen) atoms. The average Bonchev–Trinajstić information content (AvgIpc) is 2.74. The zero-order valence-electron chi connectivity index (χ0n) is 11.1. The van der Waals surface area contributed by atoms with E-state index in [2.05, 4.69) is 23.9 Å². The zero-order valence-corrected chi connectivity index (χ0v) is 11.1. The van der Waals surface area contributed by atoms with Crippen molar-refractivity contribution in [2.45, 2.75) is 58.7 Å². The Kier molecular flexibility index (Phi) is 6.15.